The fourth-order valence-corrected chi connectivity index (χ4v) is 4.44. The average Bonchev–Trinajstić information content (AvgIpc) is 3.64. The Morgan fingerprint density at radius 1 is 1.19 bits per heavy atom. The van der Waals surface area contributed by atoms with E-state index >= 15 is 0 Å². The fraction of sp³-hybridized carbons (Fsp3) is 0.320. The number of benzene rings is 1. The van der Waals surface area contributed by atoms with Crippen LogP contribution in [0.1, 0.15) is 68.8 Å². The lowest BCUT2D eigenvalue weighted by molar-refractivity contribution is 0.0708. The van der Waals surface area contributed by atoms with Gasteiger partial charge in [0.2, 0.25) is 5.88 Å². The molecule has 5 rings (SSSR count). The molecule has 3 aromatic rings. The van der Waals surface area contributed by atoms with Gasteiger partial charge < -0.3 is 9.64 Å². The van der Waals surface area contributed by atoms with Gasteiger partial charge in [0.25, 0.3) is 5.91 Å². The normalized spacial score (nSPS) is 17.2. The zero-order chi connectivity index (χ0) is 22.2. The van der Waals surface area contributed by atoms with E-state index in [0.717, 1.165) is 27.9 Å². The van der Waals surface area contributed by atoms with E-state index in [-0.39, 0.29) is 11.9 Å². The van der Waals surface area contributed by atoms with Crippen molar-refractivity contribution in [2.45, 2.75) is 44.7 Å². The van der Waals surface area contributed by atoms with Crippen LogP contribution >= 0.6 is 0 Å². The van der Waals surface area contributed by atoms with Crippen molar-refractivity contribution in [3.8, 4) is 11.9 Å². The Hall–Kier alpha value is -3.79. The highest BCUT2D eigenvalue weighted by Crippen LogP contribution is 2.44. The van der Waals surface area contributed by atoms with Gasteiger partial charge in [0.15, 0.2) is 0 Å². The molecule has 1 aromatic carbocycles. The first-order chi connectivity index (χ1) is 15.6. The highest BCUT2D eigenvalue weighted by Gasteiger charge is 2.38. The van der Waals surface area contributed by atoms with E-state index in [2.05, 4.69) is 33.2 Å². The first-order valence-electron chi connectivity index (χ1n) is 10.7. The summed E-state index contributed by atoms with van der Waals surface area (Å²) in [6.07, 6.45) is 6.04. The molecular weight excluding hydrogens is 402 g/mol. The van der Waals surface area contributed by atoms with Crippen LogP contribution in [0.3, 0.4) is 0 Å². The third-order valence-corrected chi connectivity index (χ3v) is 6.37. The lowest BCUT2D eigenvalue weighted by atomic mass is 9.94. The zero-order valence-electron chi connectivity index (χ0n) is 18.1. The molecule has 7 nitrogen and oxygen atoms in total. The van der Waals surface area contributed by atoms with Crippen molar-refractivity contribution in [3.05, 3.63) is 82.1 Å². The molecule has 1 atom stereocenters. The number of rotatable bonds is 6. The molecule has 0 radical (unpaired) electrons. The van der Waals surface area contributed by atoms with Gasteiger partial charge in [-0.15, -0.1) is 0 Å². The number of aryl methyl sites for hydroxylation is 1. The second-order valence-electron chi connectivity index (χ2n) is 8.38. The van der Waals surface area contributed by atoms with Gasteiger partial charge in [0.05, 0.1) is 13.2 Å². The number of methoxy groups -OCH3 is 1. The van der Waals surface area contributed by atoms with Crippen LogP contribution in [-0.2, 0) is 13.0 Å². The van der Waals surface area contributed by atoms with Gasteiger partial charge in [0, 0.05) is 42.0 Å². The molecule has 0 N–H and O–H groups in total. The number of nitriles is 1. The molecule has 1 unspecified atom stereocenters. The predicted octanol–water partition coefficient (Wildman–Crippen LogP) is 3.88. The summed E-state index contributed by atoms with van der Waals surface area (Å²) in [6, 6.07) is 11.9. The number of nitrogens with zero attached hydrogens (tertiary/aromatic N) is 5. The first kappa shape index (κ1) is 20.1. The third-order valence-electron chi connectivity index (χ3n) is 6.37. The molecule has 1 fully saturated rings. The van der Waals surface area contributed by atoms with Crippen LogP contribution < -0.4 is 4.74 Å². The lowest BCUT2D eigenvalue weighted by Gasteiger charge is -2.26. The molecule has 1 saturated carbocycles. The second kappa shape index (κ2) is 8.04. The van der Waals surface area contributed by atoms with Gasteiger partial charge in [0.1, 0.15) is 18.1 Å². The molecule has 2 aromatic heterocycles. The van der Waals surface area contributed by atoms with E-state index in [4.69, 9.17) is 4.74 Å². The van der Waals surface area contributed by atoms with E-state index < -0.39 is 0 Å². The number of aromatic nitrogens is 3. The minimum Gasteiger partial charge on any atom is -0.481 e. The van der Waals surface area contributed by atoms with Crippen LogP contribution in [0.4, 0.5) is 0 Å². The topological polar surface area (TPSA) is 92.0 Å². The molecule has 32 heavy (non-hydrogen) atoms. The van der Waals surface area contributed by atoms with E-state index in [9.17, 15) is 10.1 Å². The summed E-state index contributed by atoms with van der Waals surface area (Å²) < 4.78 is 5.16. The Balaban J connectivity index is 1.55. The Labute approximate surface area is 186 Å². The van der Waals surface area contributed by atoms with Crippen molar-refractivity contribution in [1.29, 1.82) is 5.26 Å². The van der Waals surface area contributed by atoms with Gasteiger partial charge in [-0.25, -0.2) is 15.0 Å². The SMILES string of the molecule is COc1ccc(CN2C(=O)c3ccc(C4CC4)cc3C2Cc2c(C)ncnc2C#N)cn1. The zero-order valence-corrected chi connectivity index (χ0v) is 18.1. The summed E-state index contributed by atoms with van der Waals surface area (Å²) in [7, 11) is 1.58. The number of ether oxygens (including phenoxy) is 1. The molecule has 0 spiro atoms. The van der Waals surface area contributed by atoms with Crippen molar-refractivity contribution < 1.29 is 9.53 Å². The van der Waals surface area contributed by atoms with Gasteiger partial charge in [-0.2, -0.15) is 5.26 Å². The van der Waals surface area contributed by atoms with E-state index in [1.54, 1.807) is 19.4 Å². The molecule has 1 amide bonds. The number of carbonyl (C=O) groups excluding carboxylic acids is 1. The highest BCUT2D eigenvalue weighted by atomic mass is 16.5. The molecule has 2 aliphatic rings. The van der Waals surface area contributed by atoms with Crippen LogP contribution in [-0.4, -0.2) is 32.9 Å². The van der Waals surface area contributed by atoms with Crippen LogP contribution in [0.25, 0.3) is 0 Å². The number of hydrogen-bond donors (Lipinski definition) is 0. The Bertz CT molecular complexity index is 1230. The smallest absolute Gasteiger partial charge is 0.255 e. The summed E-state index contributed by atoms with van der Waals surface area (Å²) in [6.45, 7) is 2.30. The minimum atomic E-state index is -0.199. The quantitative estimate of drug-likeness (QED) is 0.595. The van der Waals surface area contributed by atoms with Crippen LogP contribution in [0.5, 0.6) is 5.88 Å². The number of amides is 1. The lowest BCUT2D eigenvalue weighted by Crippen LogP contribution is -2.29. The van der Waals surface area contributed by atoms with E-state index in [0.29, 0.717) is 30.5 Å². The minimum absolute atomic E-state index is 0.00354. The maximum Gasteiger partial charge on any atom is 0.255 e. The maximum absolute atomic E-state index is 13.4. The van der Waals surface area contributed by atoms with Gasteiger partial charge in [-0.3, -0.25) is 4.79 Å². The van der Waals surface area contributed by atoms with Gasteiger partial charge in [-0.1, -0.05) is 18.2 Å². The van der Waals surface area contributed by atoms with Crippen LogP contribution in [0.2, 0.25) is 0 Å². The fourth-order valence-electron chi connectivity index (χ4n) is 4.44. The number of hydrogen-bond acceptors (Lipinski definition) is 6. The Morgan fingerprint density at radius 3 is 2.72 bits per heavy atom. The van der Waals surface area contributed by atoms with Crippen LogP contribution in [0, 0.1) is 18.3 Å². The van der Waals surface area contributed by atoms with Gasteiger partial charge >= 0.3 is 0 Å². The average molecular weight is 425 g/mol. The first-order valence-corrected chi connectivity index (χ1v) is 10.7. The summed E-state index contributed by atoms with van der Waals surface area (Å²) in [5, 5.41) is 9.60. The summed E-state index contributed by atoms with van der Waals surface area (Å²) in [4.78, 5) is 28.1. The molecule has 7 heteroatoms. The van der Waals surface area contributed by atoms with Crippen molar-refractivity contribution in [2.24, 2.45) is 0 Å². The van der Waals surface area contributed by atoms with E-state index in [1.807, 2.05) is 24.0 Å². The van der Waals surface area contributed by atoms with Crippen molar-refractivity contribution in [1.82, 2.24) is 19.9 Å². The van der Waals surface area contributed by atoms with E-state index in [1.165, 1.54) is 24.7 Å². The van der Waals surface area contributed by atoms with Crippen LogP contribution in [0.15, 0.2) is 42.9 Å². The molecule has 3 heterocycles. The number of pyridine rings is 1. The number of carbonyl (C=O) groups is 1. The molecule has 0 saturated heterocycles. The molecule has 160 valence electrons. The summed E-state index contributed by atoms with van der Waals surface area (Å²) in [5.41, 5.74) is 5.87. The largest absolute Gasteiger partial charge is 0.481 e. The Kier molecular flexibility index (Phi) is 5.06. The van der Waals surface area contributed by atoms with Gasteiger partial charge in [-0.05, 0) is 48.4 Å². The second-order valence-corrected chi connectivity index (χ2v) is 8.38. The predicted molar refractivity (Wildman–Crippen MR) is 117 cm³/mol. The molecule has 1 aliphatic heterocycles. The maximum atomic E-state index is 13.4. The monoisotopic (exact) mass is 425 g/mol. The molecular formula is C25H23N5O2. The Morgan fingerprint density at radius 2 is 2.03 bits per heavy atom. The van der Waals surface area contributed by atoms with Crippen molar-refractivity contribution in [2.75, 3.05) is 7.11 Å². The third kappa shape index (κ3) is 3.58. The molecule has 0 bridgehead atoms. The number of fused-ring (bicyclic) bond motifs is 1. The summed E-state index contributed by atoms with van der Waals surface area (Å²) >= 11 is 0. The standard InChI is InChI=1S/C25H23N5O2/c1-15-20(22(11-26)29-14-28-15)10-23-21-9-18(17-4-5-17)6-7-19(21)25(31)30(23)13-16-3-8-24(32-2)27-12-16/h3,6-9,12,14,17,23H,4-5,10,13H2,1-2H3. The van der Waals surface area contributed by atoms with Crippen molar-refractivity contribution >= 4 is 5.91 Å². The highest BCUT2D eigenvalue weighted by molar-refractivity contribution is 5.99. The summed E-state index contributed by atoms with van der Waals surface area (Å²) in [5.74, 6) is 1.12. The molecule has 1 aliphatic carbocycles. The van der Waals surface area contributed by atoms with Crippen molar-refractivity contribution in [3.63, 3.8) is 0 Å².